The largest absolute Gasteiger partial charge is 0.489 e. The molecule has 2 aromatic carbocycles. The Labute approximate surface area is 297 Å². The highest BCUT2D eigenvalue weighted by Gasteiger charge is 2.17. The van der Waals surface area contributed by atoms with E-state index in [2.05, 4.69) is 43.5 Å². The Balaban J connectivity index is 1.22. The number of nitrogens with zero attached hydrogens (tertiary/aromatic N) is 10. The van der Waals surface area contributed by atoms with Gasteiger partial charge in [0.25, 0.3) is 0 Å². The van der Waals surface area contributed by atoms with Crippen LogP contribution in [0.2, 0.25) is 0 Å². The van der Waals surface area contributed by atoms with E-state index in [9.17, 15) is 0 Å². The summed E-state index contributed by atoms with van der Waals surface area (Å²) in [6.45, 7) is 8.26. The lowest BCUT2D eigenvalue weighted by molar-refractivity contribution is 0.362. The first-order chi connectivity index (χ1) is 24.7. The van der Waals surface area contributed by atoms with Gasteiger partial charge in [-0.3, -0.25) is 9.97 Å². The molecule has 250 valence electrons. The molecule has 0 unspecified atom stereocenters. The molecular weight excluding hydrogens is 669 g/mol. The molecule has 0 radical (unpaired) electrons. The molecule has 12 nitrogen and oxygen atoms in total. The van der Waals surface area contributed by atoms with Crippen molar-refractivity contribution < 1.29 is 9.47 Å². The van der Waals surface area contributed by atoms with Crippen LogP contribution in [0.4, 0.5) is 0 Å². The van der Waals surface area contributed by atoms with Gasteiger partial charge in [-0.25, -0.2) is 0 Å². The molecule has 0 atom stereocenters. The number of aromatic nitrogens is 8. The van der Waals surface area contributed by atoms with Crippen molar-refractivity contribution in [1.29, 1.82) is 0 Å². The quantitative estimate of drug-likeness (QED) is 0.0435. The summed E-state index contributed by atoms with van der Waals surface area (Å²) in [7, 11) is 0. The summed E-state index contributed by atoms with van der Waals surface area (Å²) in [5.41, 5.74) is 3.21. The Hall–Kier alpha value is -5.86. The minimum Gasteiger partial charge on any atom is -0.489 e. The number of hydrogen-bond donors (Lipinski definition) is 0. The van der Waals surface area contributed by atoms with E-state index in [-0.39, 0.29) is 0 Å². The summed E-state index contributed by atoms with van der Waals surface area (Å²) in [5.74, 6) is 3.87. The number of thioether (sulfide) groups is 2. The summed E-state index contributed by atoms with van der Waals surface area (Å²) in [5, 5.41) is 28.7. The molecule has 4 aromatic heterocycles. The predicted molar refractivity (Wildman–Crippen MR) is 198 cm³/mol. The van der Waals surface area contributed by atoms with Gasteiger partial charge in [0, 0.05) is 58.5 Å². The Morgan fingerprint density at radius 1 is 0.600 bits per heavy atom. The van der Waals surface area contributed by atoms with Crippen molar-refractivity contribution in [3.05, 3.63) is 134 Å². The van der Waals surface area contributed by atoms with E-state index in [0.717, 1.165) is 22.3 Å². The molecule has 0 bridgehead atoms. The van der Waals surface area contributed by atoms with Gasteiger partial charge in [-0.15, -0.1) is 20.4 Å². The van der Waals surface area contributed by atoms with Crippen molar-refractivity contribution in [2.24, 2.45) is 10.2 Å². The molecule has 0 aliphatic heterocycles. The molecule has 50 heavy (non-hydrogen) atoms. The number of benzene rings is 2. The maximum Gasteiger partial charge on any atom is 0.212 e. The van der Waals surface area contributed by atoms with Crippen LogP contribution < -0.4 is 9.47 Å². The third-order valence-electron chi connectivity index (χ3n) is 6.79. The lowest BCUT2D eigenvalue weighted by Crippen LogP contribution is -2.01. The molecule has 0 N–H and O–H groups in total. The van der Waals surface area contributed by atoms with Crippen LogP contribution in [-0.2, 0) is 0 Å². The molecule has 0 aliphatic carbocycles. The standard InChI is InChI=1S/C36H32N10O2S2/c1-3-19-47-31-15-7-5-11-27(31)25-39-45-33(29-13-9-17-37-23-29)41-43-35(45)49-21-22-50-36-44-42-34(30-14-10-18-38-24-30)46(36)40-26-28-12-6-8-16-32(28)48-20-4-2/h3-18,23-26H,1-2,19-22H2/b39-25-,40-26-. The van der Waals surface area contributed by atoms with Crippen molar-refractivity contribution in [3.63, 3.8) is 0 Å². The lowest BCUT2D eigenvalue weighted by atomic mass is 10.2. The highest BCUT2D eigenvalue weighted by atomic mass is 32.2. The van der Waals surface area contributed by atoms with Crippen LogP contribution in [0, 0.1) is 0 Å². The highest BCUT2D eigenvalue weighted by molar-refractivity contribution is 8.02. The first kappa shape index (κ1) is 34.0. The van der Waals surface area contributed by atoms with Gasteiger partial charge < -0.3 is 9.47 Å². The van der Waals surface area contributed by atoms with Crippen LogP contribution in [0.15, 0.2) is 143 Å². The van der Waals surface area contributed by atoms with Gasteiger partial charge >= 0.3 is 0 Å². The van der Waals surface area contributed by atoms with E-state index < -0.39 is 0 Å². The third kappa shape index (κ3) is 8.59. The van der Waals surface area contributed by atoms with Crippen LogP contribution in [0.3, 0.4) is 0 Å². The topological polar surface area (TPSA) is 130 Å². The number of ether oxygens (including phenoxy) is 2. The fourth-order valence-corrected chi connectivity index (χ4v) is 6.25. The zero-order valence-electron chi connectivity index (χ0n) is 26.9. The Morgan fingerprint density at radius 2 is 1.06 bits per heavy atom. The van der Waals surface area contributed by atoms with Crippen molar-refractivity contribution in [2.45, 2.75) is 10.3 Å². The van der Waals surface area contributed by atoms with Crippen LogP contribution in [-0.4, -0.2) is 76.9 Å². The Bertz CT molecular complexity index is 1930. The Morgan fingerprint density at radius 3 is 1.48 bits per heavy atom. The van der Waals surface area contributed by atoms with Gasteiger partial charge in [-0.2, -0.15) is 19.6 Å². The maximum absolute atomic E-state index is 5.82. The summed E-state index contributed by atoms with van der Waals surface area (Å²) < 4.78 is 15.1. The second-order valence-electron chi connectivity index (χ2n) is 10.2. The Kier molecular flexibility index (Phi) is 11.9. The second kappa shape index (κ2) is 17.5. The molecule has 0 aliphatic rings. The summed E-state index contributed by atoms with van der Waals surface area (Å²) in [6.07, 6.45) is 13.8. The minimum absolute atomic E-state index is 0.386. The number of para-hydroxylation sites is 2. The first-order valence-electron chi connectivity index (χ1n) is 15.5. The average Bonchev–Trinajstić information content (AvgIpc) is 3.78. The number of rotatable bonds is 17. The van der Waals surface area contributed by atoms with Crippen molar-refractivity contribution in [3.8, 4) is 34.3 Å². The SMILES string of the molecule is C=CCOc1ccccc1/C=N\n1c(SCCSc2nnc(-c3cccnc3)n2/N=C\c2ccccc2OCC=C)nnc1-c1cccnc1. The minimum atomic E-state index is 0.386. The van der Waals surface area contributed by atoms with E-state index in [0.29, 0.717) is 58.2 Å². The van der Waals surface area contributed by atoms with Gasteiger partial charge in [0.05, 0.1) is 12.4 Å². The van der Waals surface area contributed by atoms with Gasteiger partial charge in [-0.1, -0.05) is 73.1 Å². The lowest BCUT2D eigenvalue weighted by Gasteiger charge is -2.08. The fraction of sp³-hybridized carbons (Fsp3) is 0.111. The first-order valence-corrected chi connectivity index (χ1v) is 17.4. The van der Waals surface area contributed by atoms with E-state index in [4.69, 9.17) is 19.7 Å². The third-order valence-corrected chi connectivity index (χ3v) is 8.89. The summed E-state index contributed by atoms with van der Waals surface area (Å²) >= 11 is 3.05. The van der Waals surface area contributed by atoms with Crippen molar-refractivity contribution >= 4 is 36.0 Å². The number of pyridine rings is 2. The molecule has 0 amide bonds. The highest BCUT2D eigenvalue weighted by Crippen LogP contribution is 2.28. The molecular formula is C36H32N10O2S2. The zero-order chi connectivity index (χ0) is 34.4. The molecule has 0 saturated heterocycles. The van der Waals surface area contributed by atoms with Crippen molar-refractivity contribution in [1.82, 2.24) is 39.7 Å². The summed E-state index contributed by atoms with van der Waals surface area (Å²) in [4.78, 5) is 8.51. The number of hydrogen-bond acceptors (Lipinski definition) is 12. The van der Waals surface area contributed by atoms with Gasteiger partial charge in [-0.05, 0) is 48.5 Å². The van der Waals surface area contributed by atoms with Crippen LogP contribution in [0.25, 0.3) is 22.8 Å². The smallest absolute Gasteiger partial charge is 0.212 e. The van der Waals surface area contributed by atoms with Gasteiger partial charge in [0.15, 0.2) is 11.6 Å². The van der Waals surface area contributed by atoms with E-state index in [1.165, 1.54) is 23.5 Å². The molecule has 0 saturated carbocycles. The van der Waals surface area contributed by atoms with Gasteiger partial charge in [0.1, 0.15) is 24.7 Å². The monoisotopic (exact) mass is 700 g/mol. The second-order valence-corrected chi connectivity index (χ2v) is 12.3. The van der Waals surface area contributed by atoms with E-state index in [1.54, 1.807) is 58.7 Å². The van der Waals surface area contributed by atoms with Gasteiger partial charge in [0.2, 0.25) is 10.3 Å². The summed E-state index contributed by atoms with van der Waals surface area (Å²) in [6, 6.07) is 22.9. The molecule has 4 heterocycles. The molecule has 14 heteroatoms. The van der Waals surface area contributed by atoms with E-state index >= 15 is 0 Å². The normalized spacial score (nSPS) is 11.3. The van der Waals surface area contributed by atoms with E-state index in [1.807, 2.05) is 72.8 Å². The molecule has 0 spiro atoms. The molecule has 0 fully saturated rings. The predicted octanol–water partition coefficient (Wildman–Crippen LogP) is 6.77. The average molecular weight is 701 g/mol. The van der Waals surface area contributed by atoms with Crippen LogP contribution in [0.5, 0.6) is 11.5 Å². The molecule has 6 aromatic rings. The fourth-order valence-electron chi connectivity index (χ4n) is 4.51. The van der Waals surface area contributed by atoms with Crippen molar-refractivity contribution in [2.75, 3.05) is 24.7 Å². The van der Waals surface area contributed by atoms with Crippen LogP contribution in [0.1, 0.15) is 11.1 Å². The zero-order valence-corrected chi connectivity index (χ0v) is 28.5. The maximum atomic E-state index is 5.82. The molecule has 6 rings (SSSR count). The van der Waals surface area contributed by atoms with Crippen LogP contribution >= 0.6 is 23.5 Å².